The molecular weight excluding hydrogens is 200 g/mol. The fourth-order valence-electron chi connectivity index (χ4n) is 1.28. The van der Waals surface area contributed by atoms with Crippen LogP contribution in [0.25, 0.3) is 0 Å². The summed E-state index contributed by atoms with van der Waals surface area (Å²) in [5.41, 5.74) is 2.37. The molecule has 0 spiro atoms. The Morgan fingerprint density at radius 3 is 2.75 bits per heavy atom. The molecule has 1 aromatic rings. The van der Waals surface area contributed by atoms with E-state index in [4.69, 9.17) is 0 Å². The summed E-state index contributed by atoms with van der Waals surface area (Å²) < 4.78 is 0. The van der Waals surface area contributed by atoms with Gasteiger partial charge in [-0.2, -0.15) is 15.4 Å². The minimum atomic E-state index is 0.772. The maximum absolute atomic E-state index is 3.95. The number of hydrogen-bond acceptors (Lipinski definition) is 3. The molecule has 1 aliphatic rings. The van der Waals surface area contributed by atoms with E-state index in [1.165, 1.54) is 12.0 Å². The van der Waals surface area contributed by atoms with Crippen molar-refractivity contribution >= 4 is 0 Å². The highest BCUT2D eigenvalue weighted by atomic mass is 15.3. The van der Waals surface area contributed by atoms with Crippen LogP contribution in [0.4, 0.5) is 0 Å². The molecular formula is C12H20N4. The molecule has 0 saturated heterocycles. The number of nitrogens with one attached hydrogen (secondary N) is 2. The van der Waals surface area contributed by atoms with Gasteiger partial charge < -0.3 is 5.32 Å². The van der Waals surface area contributed by atoms with Crippen molar-refractivity contribution in [1.82, 2.24) is 20.7 Å². The van der Waals surface area contributed by atoms with Gasteiger partial charge in [-0.3, -0.25) is 0 Å². The summed E-state index contributed by atoms with van der Waals surface area (Å²) in [6.07, 6.45) is 10.5. The van der Waals surface area contributed by atoms with Gasteiger partial charge in [0.2, 0.25) is 0 Å². The second kappa shape index (κ2) is 7.82. The predicted molar refractivity (Wildman–Crippen MR) is 65.9 cm³/mol. The molecule has 0 radical (unpaired) electrons. The molecule has 16 heavy (non-hydrogen) atoms. The molecule has 88 valence electrons. The van der Waals surface area contributed by atoms with E-state index < -0.39 is 0 Å². The first-order valence-electron chi connectivity index (χ1n) is 5.76. The molecule has 1 heterocycles. The number of hydrogen-bond donors (Lipinski definition) is 2. The van der Waals surface area contributed by atoms with Crippen molar-refractivity contribution in [3.63, 3.8) is 0 Å². The zero-order valence-electron chi connectivity index (χ0n) is 10.0. The lowest BCUT2D eigenvalue weighted by Crippen LogP contribution is -2.16. The summed E-state index contributed by atoms with van der Waals surface area (Å²) in [6, 6.07) is 0. The van der Waals surface area contributed by atoms with Crippen LogP contribution in [-0.2, 0) is 6.54 Å². The number of nitrogens with zero attached hydrogens (tertiary/aromatic N) is 2. The molecule has 0 unspecified atom stereocenters. The molecule has 1 aliphatic carbocycles. The SMILES string of the molecule is C1=CCC(CNCc2cn[nH]n2)=C1.CCC. The highest BCUT2D eigenvalue weighted by Gasteiger charge is 1.99. The highest BCUT2D eigenvalue weighted by Crippen LogP contribution is 2.08. The van der Waals surface area contributed by atoms with Crippen molar-refractivity contribution in [2.75, 3.05) is 6.54 Å². The maximum atomic E-state index is 3.95. The van der Waals surface area contributed by atoms with Gasteiger partial charge in [-0.15, -0.1) is 0 Å². The third kappa shape index (κ3) is 4.89. The van der Waals surface area contributed by atoms with Crippen molar-refractivity contribution < 1.29 is 0 Å². The Hall–Kier alpha value is -1.42. The van der Waals surface area contributed by atoms with Crippen LogP contribution in [0, 0.1) is 0 Å². The Labute approximate surface area is 96.8 Å². The molecule has 4 heteroatoms. The van der Waals surface area contributed by atoms with Crippen molar-refractivity contribution in [1.29, 1.82) is 0 Å². The predicted octanol–water partition coefficient (Wildman–Crippen LogP) is 2.20. The van der Waals surface area contributed by atoms with Crippen LogP contribution in [0.1, 0.15) is 32.4 Å². The minimum Gasteiger partial charge on any atom is -0.307 e. The smallest absolute Gasteiger partial charge is 0.0962 e. The standard InChI is InChI=1S/C9H12N4.C3H8/c1-2-4-8(3-1)5-10-6-9-7-11-13-12-9;1-3-2/h1-3,7,10H,4-6H2,(H,11,12,13);3H2,1-2H3. The molecule has 1 aromatic heterocycles. The van der Waals surface area contributed by atoms with Gasteiger partial charge in [0, 0.05) is 13.1 Å². The number of rotatable bonds is 4. The second-order valence-electron chi connectivity index (χ2n) is 3.73. The van der Waals surface area contributed by atoms with Gasteiger partial charge in [0.15, 0.2) is 0 Å². The molecule has 0 saturated carbocycles. The average molecular weight is 220 g/mol. The van der Waals surface area contributed by atoms with Crippen LogP contribution in [0.3, 0.4) is 0 Å². The van der Waals surface area contributed by atoms with E-state index in [1.807, 2.05) is 0 Å². The van der Waals surface area contributed by atoms with E-state index >= 15 is 0 Å². The van der Waals surface area contributed by atoms with Crippen molar-refractivity contribution in [3.8, 4) is 0 Å². The molecule has 0 aromatic carbocycles. The summed E-state index contributed by atoms with van der Waals surface area (Å²) in [5, 5.41) is 13.6. The monoisotopic (exact) mass is 220 g/mol. The topological polar surface area (TPSA) is 53.6 Å². The van der Waals surface area contributed by atoms with E-state index in [0.29, 0.717) is 0 Å². The van der Waals surface area contributed by atoms with E-state index in [1.54, 1.807) is 6.20 Å². The maximum Gasteiger partial charge on any atom is 0.0962 e. The Morgan fingerprint density at radius 2 is 2.19 bits per heavy atom. The van der Waals surface area contributed by atoms with E-state index in [-0.39, 0.29) is 0 Å². The quantitative estimate of drug-likeness (QED) is 0.818. The van der Waals surface area contributed by atoms with Gasteiger partial charge in [0.25, 0.3) is 0 Å². The van der Waals surface area contributed by atoms with Crippen LogP contribution < -0.4 is 5.32 Å². The summed E-state index contributed by atoms with van der Waals surface area (Å²) in [4.78, 5) is 0. The van der Waals surface area contributed by atoms with Crippen molar-refractivity contribution in [2.45, 2.75) is 33.2 Å². The first kappa shape index (κ1) is 12.6. The highest BCUT2D eigenvalue weighted by molar-refractivity contribution is 5.23. The molecule has 0 atom stereocenters. The fourth-order valence-corrected chi connectivity index (χ4v) is 1.28. The lowest BCUT2D eigenvalue weighted by atomic mass is 10.2. The van der Waals surface area contributed by atoms with Gasteiger partial charge in [0.05, 0.1) is 11.9 Å². The zero-order chi connectivity index (χ0) is 11.6. The number of allylic oxidation sites excluding steroid dienone is 3. The zero-order valence-corrected chi connectivity index (χ0v) is 10.0. The first-order valence-corrected chi connectivity index (χ1v) is 5.76. The Balaban J connectivity index is 0.000000386. The van der Waals surface area contributed by atoms with Crippen LogP contribution in [0.15, 0.2) is 30.0 Å². The summed E-state index contributed by atoms with van der Waals surface area (Å²) in [5.74, 6) is 0. The lowest BCUT2D eigenvalue weighted by Gasteiger charge is -2.02. The molecule has 2 rings (SSSR count). The van der Waals surface area contributed by atoms with Crippen molar-refractivity contribution in [2.24, 2.45) is 0 Å². The minimum absolute atomic E-state index is 0.772. The van der Waals surface area contributed by atoms with E-state index in [2.05, 4.69) is 52.8 Å². The molecule has 2 N–H and O–H groups in total. The third-order valence-electron chi connectivity index (χ3n) is 1.97. The van der Waals surface area contributed by atoms with Crippen molar-refractivity contribution in [3.05, 3.63) is 35.7 Å². The van der Waals surface area contributed by atoms with Gasteiger partial charge in [-0.05, 0) is 6.42 Å². The van der Waals surface area contributed by atoms with Crippen LogP contribution in [0.5, 0.6) is 0 Å². The van der Waals surface area contributed by atoms with Gasteiger partial charge in [-0.1, -0.05) is 44.1 Å². The van der Waals surface area contributed by atoms with Crippen LogP contribution >= 0.6 is 0 Å². The van der Waals surface area contributed by atoms with Crippen LogP contribution in [0.2, 0.25) is 0 Å². The Morgan fingerprint density at radius 1 is 1.38 bits per heavy atom. The van der Waals surface area contributed by atoms with Gasteiger partial charge in [-0.25, -0.2) is 0 Å². The van der Waals surface area contributed by atoms with Gasteiger partial charge >= 0.3 is 0 Å². The van der Waals surface area contributed by atoms with Gasteiger partial charge in [0.1, 0.15) is 0 Å². The molecule has 4 nitrogen and oxygen atoms in total. The number of aromatic nitrogens is 3. The first-order chi connectivity index (χ1) is 7.86. The average Bonchev–Trinajstić information content (AvgIpc) is 2.91. The molecule has 0 fully saturated rings. The summed E-state index contributed by atoms with van der Waals surface area (Å²) >= 11 is 0. The Bertz CT molecular complexity index is 325. The lowest BCUT2D eigenvalue weighted by molar-refractivity contribution is 0.713. The summed E-state index contributed by atoms with van der Waals surface area (Å²) in [6.45, 7) is 5.95. The molecule has 0 bridgehead atoms. The second-order valence-corrected chi connectivity index (χ2v) is 3.73. The normalized spacial score (nSPS) is 13.2. The molecule has 0 amide bonds. The summed E-state index contributed by atoms with van der Waals surface area (Å²) in [7, 11) is 0. The Kier molecular flexibility index (Phi) is 6.18. The largest absolute Gasteiger partial charge is 0.307 e. The fraction of sp³-hybridized carbons (Fsp3) is 0.500. The van der Waals surface area contributed by atoms with E-state index in [0.717, 1.165) is 25.2 Å². The number of aromatic amines is 1. The van der Waals surface area contributed by atoms with E-state index in [9.17, 15) is 0 Å². The number of H-pyrrole nitrogens is 1. The third-order valence-corrected chi connectivity index (χ3v) is 1.97. The molecule has 0 aliphatic heterocycles. The van der Waals surface area contributed by atoms with Crippen LogP contribution in [-0.4, -0.2) is 22.0 Å².